The molecule has 0 fully saturated rings. The summed E-state index contributed by atoms with van der Waals surface area (Å²) in [5, 5.41) is 4.71. The van der Waals surface area contributed by atoms with Gasteiger partial charge in [-0.25, -0.2) is 0 Å². The predicted octanol–water partition coefficient (Wildman–Crippen LogP) is 4.53. The molecule has 0 radical (unpaired) electrons. The van der Waals surface area contributed by atoms with Crippen molar-refractivity contribution in [2.45, 2.75) is 0 Å². The first-order chi connectivity index (χ1) is 8.61. The quantitative estimate of drug-likeness (QED) is 0.835. The molecule has 0 bridgehead atoms. The first-order valence-electron chi connectivity index (χ1n) is 4.99. The van der Waals surface area contributed by atoms with E-state index in [9.17, 15) is 4.79 Å². The van der Waals surface area contributed by atoms with Crippen LogP contribution in [0, 0.1) is 0 Å². The van der Waals surface area contributed by atoms with Gasteiger partial charge in [-0.05, 0) is 49.4 Å². The van der Waals surface area contributed by atoms with Gasteiger partial charge in [-0.15, -0.1) is 11.3 Å². The summed E-state index contributed by atoms with van der Waals surface area (Å²) in [7, 11) is 1.58. The Kier molecular flexibility index (Phi) is 4.42. The number of anilines is 1. The van der Waals surface area contributed by atoms with Gasteiger partial charge in [0.25, 0.3) is 5.91 Å². The van der Waals surface area contributed by atoms with Crippen molar-refractivity contribution in [3.63, 3.8) is 0 Å². The average Bonchev–Trinajstić information content (AvgIpc) is 2.86. The van der Waals surface area contributed by atoms with E-state index in [1.165, 1.54) is 11.3 Å². The van der Waals surface area contributed by atoms with E-state index in [-0.39, 0.29) is 5.91 Å². The minimum atomic E-state index is -0.130. The number of rotatable bonds is 3. The Morgan fingerprint density at radius 1 is 1.33 bits per heavy atom. The first kappa shape index (κ1) is 13.6. The fourth-order valence-corrected chi connectivity index (χ4v) is 3.25. The lowest BCUT2D eigenvalue weighted by Gasteiger charge is -2.10. The standard InChI is InChI=1S/C12H9Br2NO2S/c1-17-10-6-9(7(13)5-8(10)14)15-12(16)11-3-2-4-18-11/h2-6H,1H3,(H,15,16). The zero-order chi connectivity index (χ0) is 13.1. The number of halogens is 2. The zero-order valence-corrected chi connectivity index (χ0v) is 13.4. The molecule has 0 saturated heterocycles. The summed E-state index contributed by atoms with van der Waals surface area (Å²) in [4.78, 5) is 12.6. The number of hydrogen-bond acceptors (Lipinski definition) is 3. The van der Waals surface area contributed by atoms with Gasteiger partial charge in [0.2, 0.25) is 0 Å². The van der Waals surface area contributed by atoms with Crippen LogP contribution in [-0.4, -0.2) is 13.0 Å². The Morgan fingerprint density at radius 3 is 2.72 bits per heavy atom. The maximum atomic E-state index is 11.9. The molecule has 0 spiro atoms. The van der Waals surface area contributed by atoms with E-state index in [1.807, 2.05) is 17.5 Å². The van der Waals surface area contributed by atoms with Crippen LogP contribution in [0.1, 0.15) is 9.67 Å². The first-order valence-corrected chi connectivity index (χ1v) is 7.46. The third kappa shape index (κ3) is 2.93. The van der Waals surface area contributed by atoms with Gasteiger partial charge in [-0.1, -0.05) is 6.07 Å². The molecule has 0 aliphatic heterocycles. The molecule has 1 aromatic carbocycles. The molecule has 0 unspecified atom stereocenters. The van der Waals surface area contributed by atoms with E-state index in [1.54, 1.807) is 19.2 Å². The molecule has 3 nitrogen and oxygen atoms in total. The highest BCUT2D eigenvalue weighted by Gasteiger charge is 2.12. The summed E-state index contributed by atoms with van der Waals surface area (Å²) in [6.07, 6.45) is 0. The lowest BCUT2D eigenvalue weighted by Crippen LogP contribution is -2.10. The number of ether oxygens (including phenoxy) is 1. The number of methoxy groups -OCH3 is 1. The highest BCUT2D eigenvalue weighted by Crippen LogP contribution is 2.34. The normalized spacial score (nSPS) is 10.2. The van der Waals surface area contributed by atoms with Gasteiger partial charge in [-0.3, -0.25) is 4.79 Å². The van der Waals surface area contributed by atoms with E-state index in [0.717, 1.165) is 8.95 Å². The van der Waals surface area contributed by atoms with Crippen molar-refractivity contribution >= 4 is 54.8 Å². The largest absolute Gasteiger partial charge is 0.495 e. The second-order valence-electron chi connectivity index (χ2n) is 3.40. The molecular weight excluding hydrogens is 382 g/mol. The fourth-order valence-electron chi connectivity index (χ4n) is 1.37. The molecule has 18 heavy (non-hydrogen) atoms. The van der Waals surface area contributed by atoms with Crippen molar-refractivity contribution in [2.75, 3.05) is 12.4 Å². The predicted molar refractivity (Wildman–Crippen MR) is 80.7 cm³/mol. The summed E-state index contributed by atoms with van der Waals surface area (Å²) in [6, 6.07) is 7.23. The third-order valence-corrected chi connectivity index (χ3v) is 4.38. The number of carbonyl (C=O) groups is 1. The fraction of sp³-hybridized carbons (Fsp3) is 0.0833. The SMILES string of the molecule is COc1cc(NC(=O)c2cccs2)c(Br)cc1Br. The number of benzene rings is 1. The van der Waals surface area contributed by atoms with Gasteiger partial charge in [-0.2, -0.15) is 0 Å². The summed E-state index contributed by atoms with van der Waals surface area (Å²) in [6.45, 7) is 0. The van der Waals surface area contributed by atoms with Gasteiger partial charge in [0, 0.05) is 10.5 Å². The van der Waals surface area contributed by atoms with Crippen LogP contribution in [-0.2, 0) is 0 Å². The molecule has 94 valence electrons. The molecule has 0 saturated carbocycles. The maximum Gasteiger partial charge on any atom is 0.265 e. The maximum absolute atomic E-state index is 11.9. The lowest BCUT2D eigenvalue weighted by molar-refractivity contribution is 0.103. The van der Waals surface area contributed by atoms with Crippen LogP contribution in [0.2, 0.25) is 0 Å². The Morgan fingerprint density at radius 2 is 2.11 bits per heavy atom. The van der Waals surface area contributed by atoms with Crippen molar-refractivity contribution in [2.24, 2.45) is 0 Å². The van der Waals surface area contributed by atoms with Crippen molar-refractivity contribution in [3.05, 3.63) is 43.5 Å². The summed E-state index contributed by atoms with van der Waals surface area (Å²) in [5.41, 5.74) is 0.674. The van der Waals surface area contributed by atoms with Crippen LogP contribution >= 0.6 is 43.2 Å². The van der Waals surface area contributed by atoms with Crippen molar-refractivity contribution < 1.29 is 9.53 Å². The minimum absolute atomic E-state index is 0.130. The topological polar surface area (TPSA) is 38.3 Å². The Balaban J connectivity index is 2.26. The molecule has 2 aromatic rings. The smallest absolute Gasteiger partial charge is 0.265 e. The second-order valence-corrected chi connectivity index (χ2v) is 6.05. The van der Waals surface area contributed by atoms with Crippen LogP contribution in [0.3, 0.4) is 0 Å². The minimum Gasteiger partial charge on any atom is -0.495 e. The average molecular weight is 391 g/mol. The van der Waals surface area contributed by atoms with E-state index >= 15 is 0 Å². The van der Waals surface area contributed by atoms with Gasteiger partial charge >= 0.3 is 0 Å². The summed E-state index contributed by atoms with van der Waals surface area (Å²) >= 11 is 8.19. The van der Waals surface area contributed by atoms with Gasteiger partial charge in [0.05, 0.1) is 22.1 Å². The Bertz CT molecular complexity index is 570. The molecule has 6 heteroatoms. The van der Waals surface area contributed by atoms with E-state index in [0.29, 0.717) is 16.3 Å². The monoisotopic (exact) mass is 389 g/mol. The van der Waals surface area contributed by atoms with Crippen LogP contribution < -0.4 is 10.1 Å². The molecule has 0 aliphatic rings. The molecule has 1 heterocycles. The van der Waals surface area contributed by atoms with Gasteiger partial charge in [0.15, 0.2) is 0 Å². The second kappa shape index (κ2) is 5.86. The number of amides is 1. The van der Waals surface area contributed by atoms with Crippen LogP contribution in [0.5, 0.6) is 5.75 Å². The van der Waals surface area contributed by atoms with Crippen LogP contribution in [0.4, 0.5) is 5.69 Å². The van der Waals surface area contributed by atoms with Gasteiger partial charge < -0.3 is 10.1 Å². The molecule has 0 atom stereocenters. The lowest BCUT2D eigenvalue weighted by atomic mass is 10.3. The highest BCUT2D eigenvalue weighted by molar-refractivity contribution is 9.11. The number of thiophene rings is 1. The Labute approximate surface area is 125 Å². The van der Waals surface area contributed by atoms with Crippen LogP contribution in [0.15, 0.2) is 38.6 Å². The zero-order valence-electron chi connectivity index (χ0n) is 9.37. The molecule has 0 aliphatic carbocycles. The summed E-state index contributed by atoms with van der Waals surface area (Å²) in [5.74, 6) is 0.537. The van der Waals surface area contributed by atoms with Crippen molar-refractivity contribution in [1.29, 1.82) is 0 Å². The molecule has 1 amide bonds. The highest BCUT2D eigenvalue weighted by atomic mass is 79.9. The molecule has 1 aromatic heterocycles. The van der Waals surface area contributed by atoms with Crippen molar-refractivity contribution in [3.8, 4) is 5.75 Å². The Hall–Kier alpha value is -0.850. The molecular formula is C12H9Br2NO2S. The van der Waals surface area contributed by atoms with Gasteiger partial charge in [0.1, 0.15) is 5.75 Å². The molecule has 2 rings (SSSR count). The number of hydrogen-bond donors (Lipinski definition) is 1. The third-order valence-electron chi connectivity index (χ3n) is 2.23. The van der Waals surface area contributed by atoms with E-state index < -0.39 is 0 Å². The number of carbonyl (C=O) groups excluding carboxylic acids is 1. The number of nitrogens with one attached hydrogen (secondary N) is 1. The van der Waals surface area contributed by atoms with E-state index in [4.69, 9.17) is 4.74 Å². The van der Waals surface area contributed by atoms with Crippen molar-refractivity contribution in [1.82, 2.24) is 0 Å². The molecule has 1 N–H and O–H groups in total. The van der Waals surface area contributed by atoms with Crippen LogP contribution in [0.25, 0.3) is 0 Å². The summed E-state index contributed by atoms with van der Waals surface area (Å²) < 4.78 is 6.81. The van der Waals surface area contributed by atoms with E-state index in [2.05, 4.69) is 37.2 Å².